The zero-order valence-corrected chi connectivity index (χ0v) is 11.7. The van der Waals surface area contributed by atoms with Crippen molar-refractivity contribution in [3.8, 4) is 0 Å². The second-order valence-corrected chi connectivity index (χ2v) is 5.47. The molecule has 1 unspecified atom stereocenters. The molecule has 0 radical (unpaired) electrons. The number of ether oxygens (including phenoxy) is 1. The second-order valence-electron chi connectivity index (χ2n) is 5.47. The van der Waals surface area contributed by atoms with Gasteiger partial charge in [-0.2, -0.15) is 0 Å². The third kappa shape index (κ3) is 2.64. The lowest BCUT2D eigenvalue weighted by Gasteiger charge is -2.46. The molecule has 104 valence electrons. The number of piperazine rings is 1. The molecule has 1 aliphatic rings. The molecule has 0 spiro atoms. The van der Waals surface area contributed by atoms with Crippen LogP contribution in [-0.4, -0.2) is 71.7 Å². The predicted octanol–water partition coefficient (Wildman–Crippen LogP) is -0.537. The molecule has 0 aromatic rings. The number of carbonyl (C=O) groups is 2. The molecule has 1 fully saturated rings. The minimum atomic E-state index is -1.61. The van der Waals surface area contributed by atoms with E-state index in [1.807, 2.05) is 4.90 Å². The van der Waals surface area contributed by atoms with Gasteiger partial charge in [-0.3, -0.25) is 9.69 Å². The Morgan fingerprint density at radius 1 is 1.50 bits per heavy atom. The lowest BCUT2D eigenvalue weighted by atomic mass is 9.94. The van der Waals surface area contributed by atoms with E-state index in [2.05, 4.69) is 4.74 Å². The molecule has 1 saturated heterocycles. The molecule has 0 bridgehead atoms. The normalized spacial score (nSPS) is 23.7. The van der Waals surface area contributed by atoms with Gasteiger partial charge in [0.05, 0.1) is 12.6 Å². The Labute approximate surface area is 107 Å². The number of hydrogen-bond acceptors (Lipinski definition) is 5. The number of nitrogens with zero attached hydrogens (tertiary/aromatic N) is 2. The van der Waals surface area contributed by atoms with Crippen molar-refractivity contribution in [1.29, 1.82) is 0 Å². The monoisotopic (exact) mass is 258 g/mol. The van der Waals surface area contributed by atoms with Crippen molar-refractivity contribution in [2.24, 2.45) is 0 Å². The number of rotatable bonds is 3. The Balaban J connectivity index is 2.85. The van der Waals surface area contributed by atoms with E-state index >= 15 is 0 Å². The van der Waals surface area contributed by atoms with Gasteiger partial charge in [-0.1, -0.05) is 0 Å². The minimum absolute atomic E-state index is 0.0191. The highest BCUT2D eigenvalue weighted by Crippen LogP contribution is 2.24. The van der Waals surface area contributed by atoms with E-state index in [-0.39, 0.29) is 12.5 Å². The Morgan fingerprint density at radius 2 is 2.06 bits per heavy atom. The van der Waals surface area contributed by atoms with Gasteiger partial charge in [0, 0.05) is 26.7 Å². The summed E-state index contributed by atoms with van der Waals surface area (Å²) in [6.07, 6.45) is 0. The fraction of sp³-hybridized carbons (Fsp3) is 0.833. The van der Waals surface area contributed by atoms with Gasteiger partial charge in [0.25, 0.3) is 0 Å². The van der Waals surface area contributed by atoms with Crippen LogP contribution in [0.1, 0.15) is 20.8 Å². The number of carbonyl (C=O) groups excluding carboxylic acids is 2. The summed E-state index contributed by atoms with van der Waals surface area (Å²) in [5.74, 6) is -0.709. The summed E-state index contributed by atoms with van der Waals surface area (Å²) in [5, 5.41) is 10.1. The molecule has 0 saturated carbocycles. The van der Waals surface area contributed by atoms with Gasteiger partial charge in [0.1, 0.15) is 0 Å². The zero-order valence-electron chi connectivity index (χ0n) is 11.7. The Hall–Kier alpha value is -1.14. The molecule has 6 heteroatoms. The van der Waals surface area contributed by atoms with Gasteiger partial charge < -0.3 is 14.7 Å². The number of β-amino-alcohol motifs (C(OH)–C–C–N with tert-alkyl or cyclic N) is 1. The number of amides is 1. The van der Waals surface area contributed by atoms with Crippen LogP contribution in [0.5, 0.6) is 0 Å². The van der Waals surface area contributed by atoms with Crippen LogP contribution in [0.2, 0.25) is 0 Å². The van der Waals surface area contributed by atoms with Crippen molar-refractivity contribution in [3.63, 3.8) is 0 Å². The van der Waals surface area contributed by atoms with Crippen LogP contribution in [0.4, 0.5) is 0 Å². The van der Waals surface area contributed by atoms with Crippen LogP contribution >= 0.6 is 0 Å². The summed E-state index contributed by atoms with van der Waals surface area (Å²) >= 11 is 0. The van der Waals surface area contributed by atoms with Gasteiger partial charge in [-0.25, -0.2) is 4.79 Å². The largest absolute Gasteiger partial charge is 0.467 e. The SMILES string of the molecule is COC(=O)C(C)(O)CN1CCN(C)C(=O)C1(C)C. The maximum Gasteiger partial charge on any atom is 0.338 e. The molecule has 0 aliphatic carbocycles. The molecule has 1 rings (SSSR count). The first-order valence-electron chi connectivity index (χ1n) is 5.94. The summed E-state index contributed by atoms with van der Waals surface area (Å²) in [6.45, 7) is 6.25. The smallest absolute Gasteiger partial charge is 0.338 e. The molecule has 1 aliphatic heterocycles. The first-order valence-corrected chi connectivity index (χ1v) is 5.94. The van der Waals surface area contributed by atoms with Crippen LogP contribution < -0.4 is 0 Å². The predicted molar refractivity (Wildman–Crippen MR) is 65.9 cm³/mol. The molecule has 1 N–H and O–H groups in total. The van der Waals surface area contributed by atoms with E-state index in [4.69, 9.17) is 0 Å². The van der Waals surface area contributed by atoms with Crippen molar-refractivity contribution < 1.29 is 19.4 Å². The van der Waals surface area contributed by atoms with Crippen molar-refractivity contribution in [1.82, 2.24) is 9.80 Å². The third-order valence-electron chi connectivity index (χ3n) is 3.49. The lowest BCUT2D eigenvalue weighted by Crippen LogP contribution is -2.65. The number of hydrogen-bond donors (Lipinski definition) is 1. The van der Waals surface area contributed by atoms with Gasteiger partial charge in [-0.05, 0) is 20.8 Å². The summed E-state index contributed by atoms with van der Waals surface area (Å²) in [5.41, 5.74) is -2.34. The highest BCUT2D eigenvalue weighted by atomic mass is 16.5. The first-order chi connectivity index (χ1) is 8.13. The van der Waals surface area contributed by atoms with Gasteiger partial charge in [0.2, 0.25) is 5.91 Å². The van der Waals surface area contributed by atoms with Crippen LogP contribution in [0, 0.1) is 0 Å². The highest BCUT2D eigenvalue weighted by Gasteiger charge is 2.45. The molecule has 6 nitrogen and oxygen atoms in total. The van der Waals surface area contributed by atoms with E-state index in [9.17, 15) is 14.7 Å². The van der Waals surface area contributed by atoms with E-state index in [1.54, 1.807) is 25.8 Å². The van der Waals surface area contributed by atoms with Gasteiger partial charge >= 0.3 is 5.97 Å². The quantitative estimate of drug-likeness (QED) is 0.689. The standard InChI is InChI=1S/C12H22N2O4/c1-11(2)9(15)13(4)6-7-14(11)8-12(3,17)10(16)18-5/h17H,6-8H2,1-5H3. The second kappa shape index (κ2) is 4.85. The maximum absolute atomic E-state index is 12.1. The summed E-state index contributed by atoms with van der Waals surface area (Å²) in [6, 6.07) is 0. The molecule has 0 aromatic carbocycles. The van der Waals surface area contributed by atoms with E-state index < -0.39 is 17.1 Å². The summed E-state index contributed by atoms with van der Waals surface area (Å²) < 4.78 is 4.56. The average molecular weight is 258 g/mol. The van der Waals surface area contributed by atoms with Crippen molar-refractivity contribution >= 4 is 11.9 Å². The Morgan fingerprint density at radius 3 is 2.56 bits per heavy atom. The van der Waals surface area contributed by atoms with E-state index in [1.165, 1.54) is 14.0 Å². The molecule has 1 amide bonds. The Kier molecular flexibility index (Phi) is 4.02. The van der Waals surface area contributed by atoms with E-state index in [0.717, 1.165) is 0 Å². The molecule has 0 aromatic heterocycles. The van der Waals surface area contributed by atoms with Crippen molar-refractivity contribution in [2.45, 2.75) is 31.9 Å². The number of methoxy groups -OCH3 is 1. The topological polar surface area (TPSA) is 70.1 Å². The fourth-order valence-electron chi connectivity index (χ4n) is 2.19. The third-order valence-corrected chi connectivity index (χ3v) is 3.49. The fourth-order valence-corrected chi connectivity index (χ4v) is 2.19. The molecule has 1 heterocycles. The molecule has 1 atom stereocenters. The van der Waals surface area contributed by atoms with Crippen LogP contribution in [0.15, 0.2) is 0 Å². The average Bonchev–Trinajstić information content (AvgIpc) is 2.29. The first kappa shape index (κ1) is 14.9. The van der Waals surface area contributed by atoms with Crippen molar-refractivity contribution in [3.05, 3.63) is 0 Å². The van der Waals surface area contributed by atoms with Crippen LogP contribution in [0.3, 0.4) is 0 Å². The molecular formula is C12H22N2O4. The van der Waals surface area contributed by atoms with Crippen molar-refractivity contribution in [2.75, 3.05) is 33.8 Å². The maximum atomic E-state index is 12.1. The number of aliphatic hydroxyl groups is 1. The molecular weight excluding hydrogens is 236 g/mol. The number of esters is 1. The Bertz CT molecular complexity index is 352. The highest BCUT2D eigenvalue weighted by molar-refractivity contribution is 5.86. The molecule has 18 heavy (non-hydrogen) atoms. The van der Waals surface area contributed by atoms with Gasteiger partial charge in [-0.15, -0.1) is 0 Å². The zero-order chi connectivity index (χ0) is 14.1. The van der Waals surface area contributed by atoms with Gasteiger partial charge in [0.15, 0.2) is 5.60 Å². The number of likely N-dealkylation sites (N-methyl/N-ethyl adjacent to an activating group) is 1. The van der Waals surface area contributed by atoms with E-state index in [0.29, 0.717) is 13.1 Å². The minimum Gasteiger partial charge on any atom is -0.467 e. The van der Waals surface area contributed by atoms with Crippen LogP contribution in [0.25, 0.3) is 0 Å². The summed E-state index contributed by atoms with van der Waals surface area (Å²) in [4.78, 5) is 27.0. The summed E-state index contributed by atoms with van der Waals surface area (Å²) in [7, 11) is 2.98. The lowest BCUT2D eigenvalue weighted by molar-refractivity contribution is -0.168. The van der Waals surface area contributed by atoms with Crippen LogP contribution in [-0.2, 0) is 14.3 Å².